The fourth-order valence-corrected chi connectivity index (χ4v) is 4.40. The minimum atomic E-state index is 0.214. The second-order valence-corrected chi connectivity index (χ2v) is 7.53. The number of hydrogen-bond donors (Lipinski definition) is 0. The van der Waals surface area contributed by atoms with E-state index in [1.807, 2.05) is 6.07 Å². The number of ketones is 1. The van der Waals surface area contributed by atoms with E-state index in [4.69, 9.17) is 0 Å². The molecule has 0 amide bonds. The standard InChI is InChI=1S/C23H20OS/c1-16-6-2-3-8-20(16)14-25-15-23(24)19-11-10-18-12-17-7-4-5-9-21(17)22(18)13-19/h2-11,13H,12,14-15H2,1H3. The van der Waals surface area contributed by atoms with Gasteiger partial charge in [0.05, 0.1) is 5.75 Å². The monoisotopic (exact) mass is 344 g/mol. The highest BCUT2D eigenvalue weighted by molar-refractivity contribution is 7.99. The molecule has 0 saturated heterocycles. The third kappa shape index (κ3) is 3.27. The van der Waals surface area contributed by atoms with Crippen molar-refractivity contribution in [1.82, 2.24) is 0 Å². The van der Waals surface area contributed by atoms with Crippen molar-refractivity contribution in [2.75, 3.05) is 5.75 Å². The summed E-state index contributed by atoms with van der Waals surface area (Å²) in [6.07, 6.45) is 0.974. The lowest BCUT2D eigenvalue weighted by Crippen LogP contribution is -2.03. The first-order valence-electron chi connectivity index (χ1n) is 8.59. The van der Waals surface area contributed by atoms with E-state index in [2.05, 4.69) is 67.6 Å². The van der Waals surface area contributed by atoms with Crippen molar-refractivity contribution < 1.29 is 4.79 Å². The van der Waals surface area contributed by atoms with Crippen molar-refractivity contribution in [3.8, 4) is 11.1 Å². The lowest BCUT2D eigenvalue weighted by molar-refractivity contribution is 0.102. The van der Waals surface area contributed by atoms with E-state index in [1.165, 1.54) is 33.4 Å². The summed E-state index contributed by atoms with van der Waals surface area (Å²) in [6, 6.07) is 23.0. The Hall–Kier alpha value is -2.32. The number of carbonyl (C=O) groups excluding carboxylic acids is 1. The number of rotatable bonds is 5. The fourth-order valence-electron chi connectivity index (χ4n) is 3.41. The van der Waals surface area contributed by atoms with E-state index in [0.29, 0.717) is 5.75 Å². The molecule has 4 rings (SSSR count). The number of fused-ring (bicyclic) bond motifs is 3. The quantitative estimate of drug-likeness (QED) is 0.433. The number of benzene rings is 3. The SMILES string of the molecule is Cc1ccccc1CSCC(=O)c1ccc2c(c1)-c1ccccc1C2. The predicted octanol–water partition coefficient (Wildman–Crippen LogP) is 5.68. The Morgan fingerprint density at radius 3 is 2.56 bits per heavy atom. The molecule has 1 aliphatic rings. The molecule has 0 fully saturated rings. The van der Waals surface area contributed by atoms with Gasteiger partial charge in [0.15, 0.2) is 5.78 Å². The first-order valence-corrected chi connectivity index (χ1v) is 9.74. The van der Waals surface area contributed by atoms with Crippen molar-refractivity contribution in [1.29, 1.82) is 0 Å². The highest BCUT2D eigenvalue weighted by Crippen LogP contribution is 2.37. The van der Waals surface area contributed by atoms with Gasteiger partial charge in [-0.2, -0.15) is 0 Å². The van der Waals surface area contributed by atoms with Crippen LogP contribution in [-0.4, -0.2) is 11.5 Å². The van der Waals surface area contributed by atoms with Crippen LogP contribution in [0, 0.1) is 6.92 Å². The Bertz CT molecular complexity index is 942. The molecule has 0 atom stereocenters. The third-order valence-electron chi connectivity index (χ3n) is 4.87. The van der Waals surface area contributed by atoms with E-state index in [1.54, 1.807) is 11.8 Å². The molecular formula is C23H20OS. The Morgan fingerprint density at radius 1 is 0.920 bits per heavy atom. The van der Waals surface area contributed by atoms with Crippen LogP contribution in [0.5, 0.6) is 0 Å². The van der Waals surface area contributed by atoms with Crippen LogP contribution in [0.1, 0.15) is 32.6 Å². The summed E-state index contributed by atoms with van der Waals surface area (Å²) in [6.45, 7) is 2.12. The summed E-state index contributed by atoms with van der Waals surface area (Å²) in [5, 5.41) is 0. The number of hydrogen-bond acceptors (Lipinski definition) is 2. The molecule has 0 aliphatic heterocycles. The lowest BCUT2D eigenvalue weighted by atomic mass is 10.0. The van der Waals surface area contributed by atoms with Crippen molar-refractivity contribution in [2.24, 2.45) is 0 Å². The van der Waals surface area contributed by atoms with Crippen LogP contribution in [-0.2, 0) is 12.2 Å². The zero-order valence-corrected chi connectivity index (χ0v) is 15.1. The maximum Gasteiger partial charge on any atom is 0.172 e. The molecule has 0 unspecified atom stereocenters. The fraction of sp³-hybridized carbons (Fsp3) is 0.174. The molecule has 3 aromatic rings. The summed E-state index contributed by atoms with van der Waals surface area (Å²) < 4.78 is 0. The molecular weight excluding hydrogens is 324 g/mol. The maximum atomic E-state index is 12.6. The van der Waals surface area contributed by atoms with Crippen molar-refractivity contribution >= 4 is 17.5 Å². The van der Waals surface area contributed by atoms with Gasteiger partial charge in [-0.05, 0) is 52.8 Å². The Morgan fingerprint density at radius 2 is 1.68 bits per heavy atom. The molecule has 124 valence electrons. The normalized spacial score (nSPS) is 11.9. The molecule has 1 nitrogen and oxygen atoms in total. The van der Waals surface area contributed by atoms with Gasteiger partial charge < -0.3 is 0 Å². The second-order valence-electron chi connectivity index (χ2n) is 6.55. The number of Topliss-reactive ketones (excluding diaryl/α,β-unsaturated/α-hetero) is 1. The van der Waals surface area contributed by atoms with Gasteiger partial charge >= 0.3 is 0 Å². The number of carbonyl (C=O) groups is 1. The van der Waals surface area contributed by atoms with Gasteiger partial charge in [0.25, 0.3) is 0 Å². The van der Waals surface area contributed by atoms with Gasteiger partial charge in [0.1, 0.15) is 0 Å². The average molecular weight is 344 g/mol. The zero-order chi connectivity index (χ0) is 17.2. The molecule has 0 N–H and O–H groups in total. The Balaban J connectivity index is 1.46. The third-order valence-corrected chi connectivity index (χ3v) is 5.85. The van der Waals surface area contributed by atoms with E-state index in [0.717, 1.165) is 17.7 Å². The molecule has 25 heavy (non-hydrogen) atoms. The van der Waals surface area contributed by atoms with Crippen LogP contribution in [0.15, 0.2) is 66.7 Å². The predicted molar refractivity (Wildman–Crippen MR) is 106 cm³/mol. The first kappa shape index (κ1) is 16.2. The summed E-state index contributed by atoms with van der Waals surface area (Å²) >= 11 is 1.69. The summed E-state index contributed by atoms with van der Waals surface area (Å²) in [5.74, 6) is 1.62. The van der Waals surface area contributed by atoms with Crippen LogP contribution in [0.25, 0.3) is 11.1 Å². The molecule has 2 heteroatoms. The smallest absolute Gasteiger partial charge is 0.172 e. The van der Waals surface area contributed by atoms with Gasteiger partial charge in [-0.3, -0.25) is 4.79 Å². The van der Waals surface area contributed by atoms with Gasteiger partial charge in [-0.25, -0.2) is 0 Å². The van der Waals surface area contributed by atoms with Crippen molar-refractivity contribution in [3.63, 3.8) is 0 Å². The van der Waals surface area contributed by atoms with Gasteiger partial charge in [0.2, 0.25) is 0 Å². The molecule has 0 saturated carbocycles. The van der Waals surface area contributed by atoms with Crippen LogP contribution < -0.4 is 0 Å². The lowest BCUT2D eigenvalue weighted by Gasteiger charge is -2.07. The van der Waals surface area contributed by atoms with Crippen molar-refractivity contribution in [2.45, 2.75) is 19.1 Å². The van der Waals surface area contributed by atoms with Gasteiger partial charge in [-0.15, -0.1) is 11.8 Å². The second kappa shape index (κ2) is 6.89. The molecule has 0 spiro atoms. The Kier molecular flexibility index (Phi) is 4.46. The molecule has 3 aromatic carbocycles. The van der Waals surface area contributed by atoms with E-state index < -0.39 is 0 Å². The summed E-state index contributed by atoms with van der Waals surface area (Å²) in [7, 11) is 0. The van der Waals surface area contributed by atoms with E-state index >= 15 is 0 Å². The van der Waals surface area contributed by atoms with Gasteiger partial charge in [0, 0.05) is 11.3 Å². The molecule has 1 aliphatic carbocycles. The Labute approximate surface area is 153 Å². The minimum Gasteiger partial charge on any atom is -0.293 e. The highest BCUT2D eigenvalue weighted by Gasteiger charge is 2.19. The minimum absolute atomic E-state index is 0.214. The zero-order valence-electron chi connectivity index (χ0n) is 14.3. The summed E-state index contributed by atoms with van der Waals surface area (Å²) in [4.78, 5) is 12.6. The van der Waals surface area contributed by atoms with Crippen LogP contribution >= 0.6 is 11.8 Å². The number of thioether (sulfide) groups is 1. The van der Waals surface area contributed by atoms with Crippen LogP contribution in [0.4, 0.5) is 0 Å². The molecule has 0 bridgehead atoms. The largest absolute Gasteiger partial charge is 0.293 e. The first-order chi connectivity index (χ1) is 12.2. The highest BCUT2D eigenvalue weighted by atomic mass is 32.2. The topological polar surface area (TPSA) is 17.1 Å². The van der Waals surface area contributed by atoms with Crippen LogP contribution in [0.2, 0.25) is 0 Å². The van der Waals surface area contributed by atoms with E-state index in [9.17, 15) is 4.79 Å². The summed E-state index contributed by atoms with van der Waals surface area (Å²) in [5.41, 5.74) is 8.61. The van der Waals surface area contributed by atoms with E-state index in [-0.39, 0.29) is 5.78 Å². The van der Waals surface area contributed by atoms with Crippen LogP contribution in [0.3, 0.4) is 0 Å². The molecule has 0 radical (unpaired) electrons. The molecule has 0 aromatic heterocycles. The van der Waals surface area contributed by atoms with Gasteiger partial charge in [-0.1, -0.05) is 60.7 Å². The number of aryl methyl sites for hydroxylation is 1. The van der Waals surface area contributed by atoms with Crippen molar-refractivity contribution in [3.05, 3.63) is 94.5 Å². The molecule has 0 heterocycles. The maximum absolute atomic E-state index is 12.6. The average Bonchev–Trinajstić information content (AvgIpc) is 3.01.